The number of hydrogen-bond acceptors (Lipinski definition) is 1. The van der Waals surface area contributed by atoms with E-state index in [4.69, 9.17) is 0 Å². The Balaban J connectivity index is 2.53. The molecular formula is C13H5BrF3IO. The van der Waals surface area contributed by atoms with Gasteiger partial charge >= 0.3 is 0 Å². The van der Waals surface area contributed by atoms with Crippen LogP contribution in [0.15, 0.2) is 34.8 Å². The van der Waals surface area contributed by atoms with E-state index in [9.17, 15) is 18.0 Å². The van der Waals surface area contributed by atoms with Crippen LogP contribution in [0.1, 0.15) is 15.9 Å². The van der Waals surface area contributed by atoms with Gasteiger partial charge < -0.3 is 0 Å². The summed E-state index contributed by atoms with van der Waals surface area (Å²) in [5, 5.41) is 0. The van der Waals surface area contributed by atoms with Crippen LogP contribution in [-0.4, -0.2) is 5.78 Å². The van der Waals surface area contributed by atoms with E-state index in [-0.39, 0.29) is 15.6 Å². The first-order chi connectivity index (χ1) is 8.90. The number of carbonyl (C=O) groups excluding carboxylic acids is 1. The van der Waals surface area contributed by atoms with Crippen molar-refractivity contribution in [3.63, 3.8) is 0 Å². The van der Waals surface area contributed by atoms with E-state index < -0.39 is 23.2 Å². The molecule has 0 saturated carbocycles. The first kappa shape index (κ1) is 14.5. The van der Waals surface area contributed by atoms with Crippen molar-refractivity contribution in [2.24, 2.45) is 0 Å². The van der Waals surface area contributed by atoms with Gasteiger partial charge in [0.2, 0.25) is 0 Å². The molecule has 0 amide bonds. The Hall–Kier alpha value is -0.890. The van der Waals surface area contributed by atoms with E-state index in [1.54, 1.807) is 22.6 Å². The molecule has 0 radical (unpaired) electrons. The van der Waals surface area contributed by atoms with E-state index in [1.165, 1.54) is 6.07 Å². The second kappa shape index (κ2) is 5.62. The maximum atomic E-state index is 13.7. The van der Waals surface area contributed by atoms with Crippen molar-refractivity contribution in [3.05, 3.63) is 67.0 Å². The molecule has 98 valence electrons. The van der Waals surface area contributed by atoms with Gasteiger partial charge in [0.05, 0.1) is 10.0 Å². The van der Waals surface area contributed by atoms with Crippen molar-refractivity contribution in [1.29, 1.82) is 0 Å². The summed E-state index contributed by atoms with van der Waals surface area (Å²) in [6, 6.07) is 5.21. The number of halogens is 5. The average molecular weight is 441 g/mol. The number of carbonyl (C=O) groups is 1. The highest BCUT2D eigenvalue weighted by Crippen LogP contribution is 2.24. The molecule has 0 aromatic heterocycles. The molecule has 19 heavy (non-hydrogen) atoms. The fraction of sp³-hybridized carbons (Fsp3) is 0. The molecule has 0 N–H and O–H groups in total. The molecule has 0 atom stereocenters. The lowest BCUT2D eigenvalue weighted by atomic mass is 10.0. The minimum absolute atomic E-state index is 0.0599. The Labute approximate surface area is 129 Å². The zero-order valence-corrected chi connectivity index (χ0v) is 12.9. The fourth-order valence-corrected chi connectivity index (χ4v) is 2.55. The summed E-state index contributed by atoms with van der Waals surface area (Å²) >= 11 is 4.60. The largest absolute Gasteiger partial charge is 0.288 e. The zero-order valence-electron chi connectivity index (χ0n) is 9.18. The van der Waals surface area contributed by atoms with E-state index in [0.717, 1.165) is 24.3 Å². The van der Waals surface area contributed by atoms with Crippen LogP contribution in [0.4, 0.5) is 13.2 Å². The summed E-state index contributed by atoms with van der Waals surface area (Å²) in [6.45, 7) is 0. The molecule has 0 aliphatic rings. The molecule has 0 saturated heterocycles. The Bertz CT molecular complexity index is 673. The summed E-state index contributed by atoms with van der Waals surface area (Å²) in [7, 11) is 0. The number of benzene rings is 2. The second-order valence-electron chi connectivity index (χ2n) is 3.70. The van der Waals surface area contributed by atoms with Crippen LogP contribution in [0.5, 0.6) is 0 Å². The molecule has 0 aliphatic heterocycles. The normalized spacial score (nSPS) is 10.6. The zero-order chi connectivity index (χ0) is 14.2. The highest BCUT2D eigenvalue weighted by Gasteiger charge is 2.19. The Morgan fingerprint density at radius 3 is 2.32 bits per heavy atom. The van der Waals surface area contributed by atoms with Crippen molar-refractivity contribution in [2.45, 2.75) is 0 Å². The van der Waals surface area contributed by atoms with Crippen LogP contribution in [0.3, 0.4) is 0 Å². The molecule has 0 spiro atoms. The Kier molecular flexibility index (Phi) is 4.29. The van der Waals surface area contributed by atoms with Gasteiger partial charge in [0, 0.05) is 9.13 Å². The maximum absolute atomic E-state index is 13.7. The predicted octanol–water partition coefficient (Wildman–Crippen LogP) is 4.70. The van der Waals surface area contributed by atoms with E-state index >= 15 is 0 Å². The fourth-order valence-electron chi connectivity index (χ4n) is 1.52. The minimum Gasteiger partial charge on any atom is -0.288 e. The van der Waals surface area contributed by atoms with Crippen molar-refractivity contribution >= 4 is 44.3 Å². The van der Waals surface area contributed by atoms with Crippen molar-refractivity contribution in [3.8, 4) is 0 Å². The standard InChI is InChI=1S/C13H5BrF3IO/c14-9-5-10(16)8(4-11(9)17)13(19)7-2-1-6(15)3-12(7)18/h1-5H. The van der Waals surface area contributed by atoms with Gasteiger partial charge in [-0.2, -0.15) is 0 Å². The third-order valence-corrected chi connectivity index (χ3v) is 3.93. The highest BCUT2D eigenvalue weighted by molar-refractivity contribution is 14.1. The summed E-state index contributed by atoms with van der Waals surface area (Å²) in [5.41, 5.74) is -0.257. The van der Waals surface area contributed by atoms with Crippen molar-refractivity contribution in [2.75, 3.05) is 0 Å². The lowest BCUT2D eigenvalue weighted by Crippen LogP contribution is -2.07. The summed E-state index contributed by atoms with van der Waals surface area (Å²) in [6.07, 6.45) is 0. The SMILES string of the molecule is O=C(c1cc(F)c(Br)cc1F)c1ccc(F)cc1I. The van der Waals surface area contributed by atoms with Gasteiger partial charge in [-0.1, -0.05) is 0 Å². The summed E-state index contributed by atoms with van der Waals surface area (Å²) < 4.78 is 40.3. The van der Waals surface area contributed by atoms with Crippen LogP contribution >= 0.6 is 38.5 Å². The van der Waals surface area contributed by atoms with Crippen LogP contribution in [0, 0.1) is 21.0 Å². The molecule has 0 unspecified atom stereocenters. The molecule has 0 heterocycles. The first-order valence-electron chi connectivity index (χ1n) is 5.04. The predicted molar refractivity (Wildman–Crippen MR) is 76.6 cm³/mol. The maximum Gasteiger partial charge on any atom is 0.197 e. The number of ketones is 1. The Morgan fingerprint density at radius 2 is 1.68 bits per heavy atom. The molecule has 2 rings (SSSR count). The summed E-state index contributed by atoms with van der Waals surface area (Å²) in [4.78, 5) is 12.1. The van der Waals surface area contributed by atoms with Gasteiger partial charge in [-0.15, -0.1) is 0 Å². The molecular weight excluding hydrogens is 436 g/mol. The molecule has 0 bridgehead atoms. The minimum atomic E-state index is -0.835. The summed E-state index contributed by atoms with van der Waals surface area (Å²) in [5.74, 6) is -2.75. The van der Waals surface area contributed by atoms with Gasteiger partial charge in [-0.3, -0.25) is 4.79 Å². The van der Waals surface area contributed by atoms with Crippen LogP contribution in [0.2, 0.25) is 0 Å². The topological polar surface area (TPSA) is 17.1 Å². The average Bonchev–Trinajstić information content (AvgIpc) is 2.33. The van der Waals surface area contributed by atoms with Gasteiger partial charge in [0.15, 0.2) is 5.78 Å². The van der Waals surface area contributed by atoms with Crippen molar-refractivity contribution < 1.29 is 18.0 Å². The molecule has 0 aliphatic carbocycles. The monoisotopic (exact) mass is 440 g/mol. The second-order valence-corrected chi connectivity index (χ2v) is 5.72. The van der Waals surface area contributed by atoms with Crippen LogP contribution in [0.25, 0.3) is 0 Å². The molecule has 2 aromatic carbocycles. The van der Waals surface area contributed by atoms with E-state index in [2.05, 4.69) is 15.9 Å². The quantitative estimate of drug-likeness (QED) is 0.376. The van der Waals surface area contributed by atoms with Gasteiger partial charge in [0.1, 0.15) is 17.5 Å². The lowest BCUT2D eigenvalue weighted by molar-refractivity contribution is 0.103. The van der Waals surface area contributed by atoms with Crippen molar-refractivity contribution in [1.82, 2.24) is 0 Å². The number of rotatable bonds is 2. The van der Waals surface area contributed by atoms with Gasteiger partial charge in [0.25, 0.3) is 0 Å². The third-order valence-electron chi connectivity index (χ3n) is 2.43. The lowest BCUT2D eigenvalue weighted by Gasteiger charge is -2.06. The van der Waals surface area contributed by atoms with E-state index in [0.29, 0.717) is 3.57 Å². The Morgan fingerprint density at radius 1 is 1.00 bits per heavy atom. The van der Waals surface area contributed by atoms with Gasteiger partial charge in [-0.25, -0.2) is 13.2 Å². The molecule has 0 fully saturated rings. The van der Waals surface area contributed by atoms with Crippen LogP contribution < -0.4 is 0 Å². The van der Waals surface area contributed by atoms with Gasteiger partial charge in [-0.05, 0) is 68.9 Å². The number of hydrogen-bond donors (Lipinski definition) is 0. The smallest absolute Gasteiger partial charge is 0.197 e. The molecule has 6 heteroatoms. The first-order valence-corrected chi connectivity index (χ1v) is 6.91. The van der Waals surface area contributed by atoms with Crippen LogP contribution in [-0.2, 0) is 0 Å². The third kappa shape index (κ3) is 3.00. The highest BCUT2D eigenvalue weighted by atomic mass is 127. The molecule has 1 nitrogen and oxygen atoms in total. The van der Waals surface area contributed by atoms with E-state index in [1.807, 2.05) is 0 Å². The molecule has 2 aromatic rings.